The number of benzene rings is 2. The summed E-state index contributed by atoms with van der Waals surface area (Å²) in [6.45, 7) is 6.12. The van der Waals surface area contributed by atoms with E-state index in [9.17, 15) is 9.59 Å². The highest BCUT2D eigenvalue weighted by Gasteiger charge is 2.36. The predicted molar refractivity (Wildman–Crippen MR) is 111 cm³/mol. The van der Waals surface area contributed by atoms with E-state index in [-0.39, 0.29) is 11.1 Å². The summed E-state index contributed by atoms with van der Waals surface area (Å²) in [4.78, 5) is 28.9. The number of hydrogen-bond donors (Lipinski definition) is 0. The van der Waals surface area contributed by atoms with Crippen molar-refractivity contribution in [2.24, 2.45) is 0 Å². The second-order valence-corrected chi connectivity index (χ2v) is 6.97. The number of methoxy groups -OCH3 is 1. The Labute approximate surface area is 163 Å². The van der Waals surface area contributed by atoms with E-state index in [2.05, 4.69) is 18.7 Å². The fourth-order valence-electron chi connectivity index (χ4n) is 2.94. The third-order valence-corrected chi connectivity index (χ3v) is 5.31. The van der Waals surface area contributed by atoms with Gasteiger partial charge < -0.3 is 9.64 Å². The van der Waals surface area contributed by atoms with Crippen LogP contribution in [-0.2, 0) is 4.79 Å². The molecule has 0 radical (unpaired) electrons. The first kappa shape index (κ1) is 19.0. The number of anilines is 2. The van der Waals surface area contributed by atoms with E-state index < -0.39 is 0 Å². The second-order valence-electron chi connectivity index (χ2n) is 5.98. The van der Waals surface area contributed by atoms with Crippen molar-refractivity contribution in [2.45, 2.75) is 13.8 Å². The summed E-state index contributed by atoms with van der Waals surface area (Å²) in [5.41, 5.74) is 2.58. The number of ether oxygens (including phenoxy) is 1. The average molecular weight is 382 g/mol. The molecule has 0 atom stereocenters. The van der Waals surface area contributed by atoms with Gasteiger partial charge in [-0.05, 0) is 73.6 Å². The Kier molecular flexibility index (Phi) is 5.86. The molecular weight excluding hydrogens is 360 g/mol. The van der Waals surface area contributed by atoms with Crippen molar-refractivity contribution in [1.82, 2.24) is 0 Å². The van der Waals surface area contributed by atoms with Gasteiger partial charge in [-0.3, -0.25) is 9.59 Å². The number of carbonyl (C=O) groups is 2. The quantitative estimate of drug-likeness (QED) is 0.673. The number of imide groups is 1. The van der Waals surface area contributed by atoms with Crippen molar-refractivity contribution in [3.8, 4) is 5.75 Å². The van der Waals surface area contributed by atoms with Crippen LogP contribution in [0.4, 0.5) is 16.2 Å². The van der Waals surface area contributed by atoms with Gasteiger partial charge in [0.25, 0.3) is 11.1 Å². The zero-order chi connectivity index (χ0) is 19.4. The Morgan fingerprint density at radius 1 is 1.00 bits per heavy atom. The second kappa shape index (κ2) is 8.31. The number of rotatable bonds is 6. The number of carbonyl (C=O) groups excluding carboxylic acids is 2. The zero-order valence-electron chi connectivity index (χ0n) is 15.6. The highest BCUT2D eigenvalue weighted by molar-refractivity contribution is 8.19. The smallest absolute Gasteiger partial charge is 0.298 e. The summed E-state index contributed by atoms with van der Waals surface area (Å²) in [6.07, 6.45) is 1.76. The van der Waals surface area contributed by atoms with Crippen molar-refractivity contribution in [3.05, 3.63) is 59.0 Å². The van der Waals surface area contributed by atoms with Gasteiger partial charge in [0.05, 0.1) is 17.7 Å². The van der Waals surface area contributed by atoms with Gasteiger partial charge in [0.1, 0.15) is 5.75 Å². The van der Waals surface area contributed by atoms with Crippen LogP contribution in [-0.4, -0.2) is 31.3 Å². The number of amides is 2. The topological polar surface area (TPSA) is 49.9 Å². The van der Waals surface area contributed by atoms with Crippen LogP contribution >= 0.6 is 11.8 Å². The highest BCUT2D eigenvalue weighted by atomic mass is 32.2. The number of nitrogens with zero attached hydrogens (tertiary/aromatic N) is 2. The van der Waals surface area contributed by atoms with Crippen LogP contribution in [0.2, 0.25) is 0 Å². The third-order valence-electron chi connectivity index (χ3n) is 4.44. The molecule has 0 saturated carbocycles. The van der Waals surface area contributed by atoms with E-state index >= 15 is 0 Å². The van der Waals surface area contributed by atoms with E-state index in [1.165, 1.54) is 4.90 Å². The van der Waals surface area contributed by atoms with Gasteiger partial charge in [0.15, 0.2) is 0 Å². The maximum Gasteiger partial charge on any atom is 0.298 e. The molecule has 0 aliphatic carbocycles. The maximum atomic E-state index is 12.7. The molecular formula is C21H22N2O3S. The average Bonchev–Trinajstić information content (AvgIpc) is 2.97. The number of thioether (sulfide) groups is 1. The number of hydrogen-bond acceptors (Lipinski definition) is 5. The van der Waals surface area contributed by atoms with Crippen LogP contribution in [0.25, 0.3) is 6.08 Å². The molecule has 2 amide bonds. The molecule has 1 fully saturated rings. The van der Waals surface area contributed by atoms with Crippen LogP contribution in [0.5, 0.6) is 5.75 Å². The van der Waals surface area contributed by atoms with Crippen LogP contribution in [0.15, 0.2) is 53.4 Å². The predicted octanol–water partition coefficient (Wildman–Crippen LogP) is 4.78. The fraction of sp³-hybridized carbons (Fsp3) is 0.238. The minimum Gasteiger partial charge on any atom is -0.497 e. The van der Waals surface area contributed by atoms with Crippen LogP contribution in [0, 0.1) is 0 Å². The van der Waals surface area contributed by atoms with Crippen molar-refractivity contribution >= 4 is 40.4 Å². The standard InChI is InChI=1S/C21H22N2O3S/c1-4-22(5-2)16-8-6-15(7-9-16)14-19-20(24)23(21(25)27-19)17-10-12-18(26-3)13-11-17/h6-14H,4-5H2,1-3H3/b19-14+. The Bertz CT molecular complexity index is 856. The minimum absolute atomic E-state index is 0.295. The third kappa shape index (κ3) is 4.01. The fourth-order valence-corrected chi connectivity index (χ4v) is 3.78. The first-order chi connectivity index (χ1) is 13.1. The maximum absolute atomic E-state index is 12.7. The molecule has 27 heavy (non-hydrogen) atoms. The van der Waals surface area contributed by atoms with Crippen molar-refractivity contribution < 1.29 is 14.3 Å². The summed E-state index contributed by atoms with van der Waals surface area (Å²) in [7, 11) is 1.57. The van der Waals surface area contributed by atoms with Gasteiger partial charge in [0.2, 0.25) is 0 Å². The van der Waals surface area contributed by atoms with Crippen molar-refractivity contribution in [2.75, 3.05) is 30.0 Å². The molecule has 1 aliphatic rings. The highest BCUT2D eigenvalue weighted by Crippen LogP contribution is 2.36. The Hall–Kier alpha value is -2.73. The van der Waals surface area contributed by atoms with Gasteiger partial charge in [0, 0.05) is 18.8 Å². The lowest BCUT2D eigenvalue weighted by Gasteiger charge is -2.20. The molecule has 2 aromatic rings. The summed E-state index contributed by atoms with van der Waals surface area (Å²) in [6, 6.07) is 14.9. The molecule has 3 rings (SSSR count). The lowest BCUT2D eigenvalue weighted by atomic mass is 10.1. The molecule has 0 N–H and O–H groups in total. The summed E-state index contributed by atoms with van der Waals surface area (Å²) < 4.78 is 5.12. The molecule has 1 aliphatic heterocycles. The molecule has 5 nitrogen and oxygen atoms in total. The van der Waals surface area contributed by atoms with Crippen LogP contribution in [0.3, 0.4) is 0 Å². The minimum atomic E-state index is -0.303. The van der Waals surface area contributed by atoms with Crippen LogP contribution < -0.4 is 14.5 Å². The molecule has 6 heteroatoms. The summed E-state index contributed by atoms with van der Waals surface area (Å²) in [5.74, 6) is 0.373. The van der Waals surface area contributed by atoms with Gasteiger partial charge in [-0.1, -0.05) is 12.1 Å². The summed E-state index contributed by atoms with van der Waals surface area (Å²) >= 11 is 0.958. The first-order valence-electron chi connectivity index (χ1n) is 8.84. The molecule has 0 unspecified atom stereocenters. The normalized spacial score (nSPS) is 15.5. The van der Waals surface area contributed by atoms with E-state index in [1.807, 2.05) is 24.3 Å². The van der Waals surface area contributed by atoms with Gasteiger partial charge in [-0.15, -0.1) is 0 Å². The van der Waals surface area contributed by atoms with Crippen molar-refractivity contribution in [3.63, 3.8) is 0 Å². The zero-order valence-corrected chi connectivity index (χ0v) is 16.5. The Morgan fingerprint density at radius 3 is 2.19 bits per heavy atom. The molecule has 0 spiro atoms. The SMILES string of the molecule is CCN(CC)c1ccc(/C=C2/SC(=O)N(c3ccc(OC)cc3)C2=O)cc1. The molecule has 1 heterocycles. The molecule has 0 aromatic heterocycles. The lowest BCUT2D eigenvalue weighted by Crippen LogP contribution is -2.27. The molecule has 0 bridgehead atoms. The molecule has 140 valence electrons. The Morgan fingerprint density at radius 2 is 1.63 bits per heavy atom. The largest absolute Gasteiger partial charge is 0.497 e. The van der Waals surface area contributed by atoms with Gasteiger partial charge >= 0.3 is 0 Å². The first-order valence-corrected chi connectivity index (χ1v) is 9.66. The van der Waals surface area contributed by atoms with Crippen molar-refractivity contribution in [1.29, 1.82) is 0 Å². The van der Waals surface area contributed by atoms with E-state index in [0.717, 1.165) is 36.1 Å². The van der Waals surface area contributed by atoms with E-state index in [1.54, 1.807) is 37.5 Å². The Balaban J connectivity index is 1.81. The monoisotopic (exact) mass is 382 g/mol. The van der Waals surface area contributed by atoms with E-state index in [0.29, 0.717) is 16.3 Å². The molecule has 1 saturated heterocycles. The summed E-state index contributed by atoms with van der Waals surface area (Å²) in [5, 5.41) is -0.295. The van der Waals surface area contributed by atoms with Gasteiger partial charge in [-0.25, -0.2) is 4.90 Å². The lowest BCUT2D eigenvalue weighted by molar-refractivity contribution is -0.113. The molecule has 2 aromatic carbocycles. The van der Waals surface area contributed by atoms with Crippen LogP contribution in [0.1, 0.15) is 19.4 Å². The van der Waals surface area contributed by atoms with Gasteiger partial charge in [-0.2, -0.15) is 0 Å². The van der Waals surface area contributed by atoms with E-state index in [4.69, 9.17) is 4.74 Å².